The summed E-state index contributed by atoms with van der Waals surface area (Å²) in [6.07, 6.45) is 1.61. The molecule has 1 saturated heterocycles. The lowest BCUT2D eigenvalue weighted by Crippen LogP contribution is -2.28. The van der Waals surface area contributed by atoms with Gasteiger partial charge in [-0.05, 0) is 30.3 Å². The molecular weight excluding hydrogens is 208 g/mol. The molecule has 1 aliphatic rings. The maximum absolute atomic E-state index is 11.6. The Balaban J connectivity index is 1.83. The molecule has 1 fully saturated rings. The van der Waals surface area contributed by atoms with Gasteiger partial charge in [-0.2, -0.15) is 0 Å². The average molecular weight is 224 g/mol. The molecule has 0 aromatic carbocycles. The zero-order chi connectivity index (χ0) is 10.7. The molecule has 82 valence electrons. The SMILES string of the molecule is NCC1CC(=O)N(CCc2cccs2)C1. The van der Waals surface area contributed by atoms with E-state index in [1.165, 1.54) is 4.88 Å². The van der Waals surface area contributed by atoms with E-state index >= 15 is 0 Å². The number of hydrogen-bond donors (Lipinski definition) is 1. The molecule has 0 radical (unpaired) electrons. The molecule has 1 amide bonds. The van der Waals surface area contributed by atoms with E-state index < -0.39 is 0 Å². The number of hydrogen-bond acceptors (Lipinski definition) is 3. The Bertz CT molecular complexity index is 323. The van der Waals surface area contributed by atoms with Gasteiger partial charge in [0.05, 0.1) is 0 Å². The van der Waals surface area contributed by atoms with Gasteiger partial charge in [0.25, 0.3) is 0 Å². The fourth-order valence-corrected chi connectivity index (χ4v) is 2.63. The summed E-state index contributed by atoms with van der Waals surface area (Å²) in [5, 5.41) is 2.07. The van der Waals surface area contributed by atoms with Gasteiger partial charge in [0, 0.05) is 24.4 Å². The highest BCUT2D eigenvalue weighted by molar-refractivity contribution is 7.09. The first kappa shape index (κ1) is 10.6. The largest absolute Gasteiger partial charge is 0.342 e. The summed E-state index contributed by atoms with van der Waals surface area (Å²) >= 11 is 1.75. The highest BCUT2D eigenvalue weighted by atomic mass is 32.1. The van der Waals surface area contributed by atoms with Crippen LogP contribution in [-0.4, -0.2) is 30.4 Å². The van der Waals surface area contributed by atoms with Crippen molar-refractivity contribution in [3.8, 4) is 0 Å². The van der Waals surface area contributed by atoms with E-state index in [0.717, 1.165) is 19.5 Å². The van der Waals surface area contributed by atoms with Crippen LogP contribution in [0.1, 0.15) is 11.3 Å². The second-order valence-electron chi connectivity index (χ2n) is 3.97. The highest BCUT2D eigenvalue weighted by Gasteiger charge is 2.27. The molecule has 0 saturated carbocycles. The second kappa shape index (κ2) is 4.77. The van der Waals surface area contributed by atoms with Gasteiger partial charge >= 0.3 is 0 Å². The van der Waals surface area contributed by atoms with E-state index in [0.29, 0.717) is 18.9 Å². The number of likely N-dealkylation sites (tertiary alicyclic amines) is 1. The van der Waals surface area contributed by atoms with Gasteiger partial charge < -0.3 is 10.6 Å². The van der Waals surface area contributed by atoms with E-state index in [9.17, 15) is 4.79 Å². The first-order valence-electron chi connectivity index (χ1n) is 5.30. The van der Waals surface area contributed by atoms with Crippen molar-refractivity contribution in [2.24, 2.45) is 11.7 Å². The van der Waals surface area contributed by atoms with Crippen LogP contribution in [0.2, 0.25) is 0 Å². The molecular formula is C11H16N2OS. The first-order valence-corrected chi connectivity index (χ1v) is 6.18. The van der Waals surface area contributed by atoms with Gasteiger partial charge in [0.15, 0.2) is 0 Å². The Kier molecular flexibility index (Phi) is 3.38. The molecule has 0 bridgehead atoms. The van der Waals surface area contributed by atoms with Crippen LogP contribution in [0, 0.1) is 5.92 Å². The Morgan fingerprint density at radius 2 is 2.47 bits per heavy atom. The average Bonchev–Trinajstić information content (AvgIpc) is 2.84. The molecule has 1 unspecified atom stereocenters. The second-order valence-corrected chi connectivity index (χ2v) is 5.01. The maximum Gasteiger partial charge on any atom is 0.222 e. The monoisotopic (exact) mass is 224 g/mol. The summed E-state index contributed by atoms with van der Waals surface area (Å²) in [4.78, 5) is 14.9. The van der Waals surface area contributed by atoms with Crippen molar-refractivity contribution in [1.82, 2.24) is 4.90 Å². The van der Waals surface area contributed by atoms with Crippen LogP contribution >= 0.6 is 11.3 Å². The molecule has 1 aromatic heterocycles. The predicted molar refractivity (Wildman–Crippen MR) is 61.8 cm³/mol. The van der Waals surface area contributed by atoms with Gasteiger partial charge in [-0.25, -0.2) is 0 Å². The van der Waals surface area contributed by atoms with E-state index in [2.05, 4.69) is 17.5 Å². The molecule has 3 nitrogen and oxygen atoms in total. The zero-order valence-electron chi connectivity index (χ0n) is 8.69. The molecule has 0 aliphatic carbocycles. The van der Waals surface area contributed by atoms with Crippen molar-refractivity contribution in [2.75, 3.05) is 19.6 Å². The maximum atomic E-state index is 11.6. The van der Waals surface area contributed by atoms with Crippen molar-refractivity contribution >= 4 is 17.2 Å². The third-order valence-electron chi connectivity index (χ3n) is 2.84. The van der Waals surface area contributed by atoms with Crippen molar-refractivity contribution < 1.29 is 4.79 Å². The molecule has 2 rings (SSSR count). The van der Waals surface area contributed by atoms with Gasteiger partial charge in [-0.3, -0.25) is 4.79 Å². The molecule has 0 spiro atoms. The molecule has 2 heterocycles. The Morgan fingerprint density at radius 3 is 3.07 bits per heavy atom. The third-order valence-corrected chi connectivity index (χ3v) is 3.77. The third kappa shape index (κ3) is 2.58. The highest BCUT2D eigenvalue weighted by Crippen LogP contribution is 2.18. The summed E-state index contributed by atoms with van der Waals surface area (Å²) in [5.41, 5.74) is 5.57. The smallest absolute Gasteiger partial charge is 0.222 e. The van der Waals surface area contributed by atoms with Crippen LogP contribution in [0.3, 0.4) is 0 Å². The quantitative estimate of drug-likeness (QED) is 0.832. The predicted octanol–water partition coefficient (Wildman–Crippen LogP) is 1.10. The van der Waals surface area contributed by atoms with Crippen LogP contribution in [0.15, 0.2) is 17.5 Å². The normalized spacial score (nSPS) is 21.3. The topological polar surface area (TPSA) is 46.3 Å². The van der Waals surface area contributed by atoms with Crippen LogP contribution < -0.4 is 5.73 Å². The van der Waals surface area contributed by atoms with Crippen LogP contribution in [0.25, 0.3) is 0 Å². The lowest BCUT2D eigenvalue weighted by Gasteiger charge is -2.15. The standard InChI is InChI=1S/C11H16N2OS/c12-7-9-6-11(14)13(8-9)4-3-10-2-1-5-15-10/h1-2,5,9H,3-4,6-8,12H2. The lowest BCUT2D eigenvalue weighted by atomic mass is 10.1. The Morgan fingerprint density at radius 1 is 1.60 bits per heavy atom. The Hall–Kier alpha value is -0.870. The summed E-state index contributed by atoms with van der Waals surface area (Å²) < 4.78 is 0. The van der Waals surface area contributed by atoms with Gasteiger partial charge in [0.2, 0.25) is 5.91 Å². The van der Waals surface area contributed by atoms with Gasteiger partial charge in [0.1, 0.15) is 0 Å². The molecule has 1 atom stereocenters. The van der Waals surface area contributed by atoms with E-state index in [1.807, 2.05) is 4.90 Å². The minimum atomic E-state index is 0.266. The fraction of sp³-hybridized carbons (Fsp3) is 0.545. The first-order chi connectivity index (χ1) is 7.29. The number of rotatable bonds is 4. The van der Waals surface area contributed by atoms with E-state index in [-0.39, 0.29) is 5.91 Å². The van der Waals surface area contributed by atoms with Crippen LogP contribution in [0.4, 0.5) is 0 Å². The van der Waals surface area contributed by atoms with Crippen LogP contribution in [0.5, 0.6) is 0 Å². The van der Waals surface area contributed by atoms with Gasteiger partial charge in [-0.15, -0.1) is 11.3 Å². The summed E-state index contributed by atoms with van der Waals surface area (Å²) in [6, 6.07) is 4.17. The minimum absolute atomic E-state index is 0.266. The number of amides is 1. The minimum Gasteiger partial charge on any atom is -0.342 e. The van der Waals surface area contributed by atoms with Gasteiger partial charge in [-0.1, -0.05) is 6.07 Å². The van der Waals surface area contributed by atoms with Crippen LogP contribution in [-0.2, 0) is 11.2 Å². The van der Waals surface area contributed by atoms with Crippen molar-refractivity contribution in [3.63, 3.8) is 0 Å². The molecule has 2 N–H and O–H groups in total. The molecule has 4 heteroatoms. The molecule has 1 aliphatic heterocycles. The number of nitrogens with two attached hydrogens (primary N) is 1. The summed E-state index contributed by atoms with van der Waals surface area (Å²) in [6.45, 7) is 2.32. The van der Waals surface area contributed by atoms with Crippen molar-refractivity contribution in [2.45, 2.75) is 12.8 Å². The van der Waals surface area contributed by atoms with E-state index in [1.54, 1.807) is 11.3 Å². The Labute approximate surface area is 93.9 Å². The van der Waals surface area contributed by atoms with E-state index in [4.69, 9.17) is 5.73 Å². The fourth-order valence-electron chi connectivity index (χ4n) is 1.93. The summed E-state index contributed by atoms with van der Waals surface area (Å²) in [5.74, 6) is 0.642. The summed E-state index contributed by atoms with van der Waals surface area (Å²) in [7, 11) is 0. The number of nitrogens with zero attached hydrogens (tertiary/aromatic N) is 1. The molecule has 15 heavy (non-hydrogen) atoms. The lowest BCUT2D eigenvalue weighted by molar-refractivity contribution is -0.127. The molecule has 1 aromatic rings. The number of carbonyl (C=O) groups is 1. The zero-order valence-corrected chi connectivity index (χ0v) is 9.50. The number of carbonyl (C=O) groups excluding carboxylic acids is 1. The van der Waals surface area contributed by atoms with Crippen molar-refractivity contribution in [1.29, 1.82) is 0 Å². The number of thiophene rings is 1. The van der Waals surface area contributed by atoms with Crippen molar-refractivity contribution in [3.05, 3.63) is 22.4 Å².